The average molecular weight is 353 g/mol. The molecular weight excluding hydrogens is 336 g/mol. The molecule has 0 aliphatic heterocycles. The molecule has 3 aromatic rings. The van der Waals surface area contributed by atoms with E-state index in [4.69, 9.17) is 11.6 Å². The predicted molar refractivity (Wildman–Crippen MR) is 101 cm³/mol. The molecule has 126 valence electrons. The van der Waals surface area contributed by atoms with Crippen molar-refractivity contribution in [3.63, 3.8) is 0 Å². The summed E-state index contributed by atoms with van der Waals surface area (Å²) < 4.78 is 0. The van der Waals surface area contributed by atoms with Crippen LogP contribution in [0.3, 0.4) is 0 Å². The van der Waals surface area contributed by atoms with Gasteiger partial charge in [0.2, 0.25) is 0 Å². The van der Waals surface area contributed by atoms with Crippen molar-refractivity contribution in [2.24, 2.45) is 0 Å². The number of carbonyl (C=O) groups excluding carboxylic acids is 1. The second-order valence-corrected chi connectivity index (χ2v) is 6.11. The van der Waals surface area contributed by atoms with Gasteiger partial charge in [-0.1, -0.05) is 41.9 Å². The van der Waals surface area contributed by atoms with Crippen LogP contribution in [0.15, 0.2) is 60.9 Å². The van der Waals surface area contributed by atoms with E-state index in [9.17, 15) is 4.79 Å². The Bertz CT molecular complexity index is 880. The zero-order chi connectivity index (χ0) is 17.8. The van der Waals surface area contributed by atoms with E-state index in [0.717, 1.165) is 11.3 Å². The first kappa shape index (κ1) is 16.9. The van der Waals surface area contributed by atoms with E-state index in [1.165, 1.54) is 12.4 Å². The molecule has 0 aliphatic rings. The summed E-state index contributed by atoms with van der Waals surface area (Å²) in [5.41, 5.74) is 2.78. The Morgan fingerprint density at radius 1 is 1.04 bits per heavy atom. The Morgan fingerprint density at radius 2 is 1.72 bits per heavy atom. The van der Waals surface area contributed by atoms with Crippen LogP contribution in [0.5, 0.6) is 0 Å². The molecule has 0 aliphatic carbocycles. The molecule has 1 heterocycles. The van der Waals surface area contributed by atoms with Crippen LogP contribution in [0.25, 0.3) is 11.4 Å². The minimum atomic E-state index is -0.287. The number of nitrogens with one attached hydrogen (secondary N) is 1. The zero-order valence-electron chi connectivity index (χ0n) is 13.9. The molecule has 1 aromatic heterocycles. The Balaban J connectivity index is 1.82. The second kappa shape index (κ2) is 7.32. The van der Waals surface area contributed by atoms with Gasteiger partial charge >= 0.3 is 0 Å². The largest absolute Gasteiger partial charge is 0.376 e. The van der Waals surface area contributed by atoms with Crippen molar-refractivity contribution < 1.29 is 4.79 Å². The minimum Gasteiger partial charge on any atom is -0.376 e. The van der Waals surface area contributed by atoms with Crippen LogP contribution in [0.2, 0.25) is 5.02 Å². The van der Waals surface area contributed by atoms with Gasteiger partial charge in [-0.2, -0.15) is 0 Å². The Labute approximate surface area is 151 Å². The molecule has 2 aromatic carbocycles. The Morgan fingerprint density at radius 3 is 2.36 bits per heavy atom. The smallest absolute Gasteiger partial charge is 0.258 e. The highest BCUT2D eigenvalue weighted by Crippen LogP contribution is 2.28. The van der Waals surface area contributed by atoms with Crippen LogP contribution in [0.1, 0.15) is 10.4 Å². The standard InChI is InChI=1S/C19H17ClN4O/c1-24(2)17-9-8-15(20)10-16(17)23-19(25)14-11-21-18(22-12-14)13-6-4-3-5-7-13/h3-12H,1-2H3,(H,23,25). The molecule has 0 bridgehead atoms. The van der Waals surface area contributed by atoms with Crippen molar-refractivity contribution in [1.29, 1.82) is 0 Å². The van der Waals surface area contributed by atoms with Crippen molar-refractivity contribution in [1.82, 2.24) is 9.97 Å². The maximum Gasteiger partial charge on any atom is 0.258 e. The fraction of sp³-hybridized carbons (Fsp3) is 0.105. The highest BCUT2D eigenvalue weighted by molar-refractivity contribution is 6.31. The van der Waals surface area contributed by atoms with Crippen LogP contribution in [-0.2, 0) is 0 Å². The maximum atomic E-state index is 12.5. The lowest BCUT2D eigenvalue weighted by Gasteiger charge is -2.18. The minimum absolute atomic E-state index is 0.287. The van der Waals surface area contributed by atoms with E-state index in [1.54, 1.807) is 12.1 Å². The first-order chi connectivity index (χ1) is 12.0. The van der Waals surface area contributed by atoms with E-state index < -0.39 is 0 Å². The average Bonchev–Trinajstić information content (AvgIpc) is 2.62. The van der Waals surface area contributed by atoms with Crippen LogP contribution < -0.4 is 10.2 Å². The zero-order valence-corrected chi connectivity index (χ0v) is 14.7. The first-order valence-corrected chi connectivity index (χ1v) is 8.08. The third kappa shape index (κ3) is 3.95. The van der Waals surface area contributed by atoms with Crippen molar-refractivity contribution in [2.45, 2.75) is 0 Å². The summed E-state index contributed by atoms with van der Waals surface area (Å²) in [6.45, 7) is 0. The fourth-order valence-corrected chi connectivity index (χ4v) is 2.55. The van der Waals surface area contributed by atoms with Gasteiger partial charge in [-0.3, -0.25) is 4.79 Å². The summed E-state index contributed by atoms with van der Waals surface area (Å²) in [4.78, 5) is 23.0. The fourth-order valence-electron chi connectivity index (χ4n) is 2.37. The molecule has 6 heteroatoms. The summed E-state index contributed by atoms with van der Waals surface area (Å²) in [7, 11) is 3.80. The Hall–Kier alpha value is -2.92. The normalized spacial score (nSPS) is 10.4. The summed E-state index contributed by atoms with van der Waals surface area (Å²) in [6, 6.07) is 15.0. The number of rotatable bonds is 4. The van der Waals surface area contributed by atoms with Gasteiger partial charge in [0.1, 0.15) is 0 Å². The molecular formula is C19H17ClN4O. The molecule has 0 saturated heterocycles. The maximum absolute atomic E-state index is 12.5. The summed E-state index contributed by atoms with van der Waals surface area (Å²) in [5.74, 6) is 0.291. The molecule has 0 unspecified atom stereocenters. The molecule has 1 N–H and O–H groups in total. The van der Waals surface area contributed by atoms with Gasteiger partial charge in [-0.25, -0.2) is 9.97 Å². The van der Waals surface area contributed by atoms with Crippen LogP contribution in [-0.4, -0.2) is 30.0 Å². The molecule has 0 radical (unpaired) electrons. The molecule has 1 amide bonds. The van der Waals surface area contributed by atoms with E-state index in [-0.39, 0.29) is 5.91 Å². The Kier molecular flexibility index (Phi) is 4.95. The second-order valence-electron chi connectivity index (χ2n) is 5.67. The topological polar surface area (TPSA) is 58.1 Å². The number of anilines is 2. The van der Waals surface area contributed by atoms with Gasteiger partial charge in [-0.05, 0) is 18.2 Å². The van der Waals surface area contributed by atoms with Crippen molar-refractivity contribution in [2.75, 3.05) is 24.3 Å². The first-order valence-electron chi connectivity index (χ1n) is 7.70. The summed E-state index contributed by atoms with van der Waals surface area (Å²) >= 11 is 6.05. The van der Waals surface area contributed by atoms with Gasteiger partial charge in [0, 0.05) is 37.1 Å². The summed E-state index contributed by atoms with van der Waals surface area (Å²) in [5, 5.41) is 3.42. The van der Waals surface area contributed by atoms with Gasteiger partial charge in [0.15, 0.2) is 5.82 Å². The lowest BCUT2D eigenvalue weighted by molar-refractivity contribution is 0.102. The van der Waals surface area contributed by atoms with Gasteiger partial charge < -0.3 is 10.2 Å². The van der Waals surface area contributed by atoms with Crippen molar-refractivity contribution in [3.8, 4) is 11.4 Å². The molecule has 0 atom stereocenters. The lowest BCUT2D eigenvalue weighted by Crippen LogP contribution is -2.17. The number of amides is 1. The van der Waals surface area contributed by atoms with E-state index in [0.29, 0.717) is 22.1 Å². The van der Waals surface area contributed by atoms with Crippen molar-refractivity contribution >= 4 is 28.9 Å². The van der Waals surface area contributed by atoms with Crippen LogP contribution >= 0.6 is 11.6 Å². The van der Waals surface area contributed by atoms with E-state index >= 15 is 0 Å². The highest BCUT2D eigenvalue weighted by Gasteiger charge is 2.12. The van der Waals surface area contributed by atoms with Crippen LogP contribution in [0, 0.1) is 0 Å². The van der Waals surface area contributed by atoms with E-state index in [2.05, 4.69) is 15.3 Å². The number of carbonyl (C=O) groups is 1. The number of nitrogens with zero attached hydrogens (tertiary/aromatic N) is 3. The number of aromatic nitrogens is 2. The molecule has 0 spiro atoms. The van der Waals surface area contributed by atoms with E-state index in [1.807, 2.05) is 55.4 Å². The van der Waals surface area contributed by atoms with Crippen molar-refractivity contribution in [3.05, 3.63) is 71.5 Å². The summed E-state index contributed by atoms with van der Waals surface area (Å²) in [6.07, 6.45) is 3.04. The third-order valence-electron chi connectivity index (χ3n) is 3.63. The van der Waals surface area contributed by atoms with Crippen LogP contribution in [0.4, 0.5) is 11.4 Å². The molecule has 5 nitrogen and oxygen atoms in total. The SMILES string of the molecule is CN(C)c1ccc(Cl)cc1NC(=O)c1cnc(-c2ccccc2)nc1. The number of hydrogen-bond acceptors (Lipinski definition) is 4. The monoisotopic (exact) mass is 352 g/mol. The van der Waals surface area contributed by atoms with Gasteiger partial charge in [-0.15, -0.1) is 0 Å². The molecule has 0 saturated carbocycles. The predicted octanol–water partition coefficient (Wildman–Crippen LogP) is 4.12. The van der Waals surface area contributed by atoms with Gasteiger partial charge in [0.25, 0.3) is 5.91 Å². The number of halogens is 1. The molecule has 25 heavy (non-hydrogen) atoms. The van der Waals surface area contributed by atoms with Gasteiger partial charge in [0.05, 0.1) is 16.9 Å². The highest BCUT2D eigenvalue weighted by atomic mass is 35.5. The quantitative estimate of drug-likeness (QED) is 0.767. The number of hydrogen-bond donors (Lipinski definition) is 1. The third-order valence-corrected chi connectivity index (χ3v) is 3.87. The molecule has 0 fully saturated rings. The lowest BCUT2D eigenvalue weighted by atomic mass is 10.2. The molecule has 3 rings (SSSR count). The number of benzene rings is 2.